The average molecular weight is 394 g/mol. The minimum absolute atomic E-state index is 0.161. The molecule has 0 atom stereocenters. The van der Waals surface area contributed by atoms with E-state index in [1.165, 1.54) is 18.2 Å². The summed E-state index contributed by atoms with van der Waals surface area (Å²) in [5.74, 6) is -0.423. The van der Waals surface area contributed by atoms with E-state index in [0.717, 1.165) is 4.47 Å². The monoisotopic (exact) mass is 393 g/mol. The molecule has 2 rings (SSSR count). The molecular formula is C16H16BrN3O4. The van der Waals surface area contributed by atoms with Gasteiger partial charge in [0.1, 0.15) is 5.69 Å². The maximum atomic E-state index is 12.3. The van der Waals surface area contributed by atoms with Gasteiger partial charge in [0.15, 0.2) is 0 Å². The van der Waals surface area contributed by atoms with Crippen LogP contribution in [0.3, 0.4) is 0 Å². The molecule has 2 N–H and O–H groups in total. The molecule has 2 aromatic carbocycles. The molecule has 7 nitrogen and oxygen atoms in total. The summed E-state index contributed by atoms with van der Waals surface area (Å²) < 4.78 is 5.63. The van der Waals surface area contributed by atoms with Crippen LogP contribution in [0.5, 0.6) is 0 Å². The number of nitro benzene ring substituents is 1. The summed E-state index contributed by atoms with van der Waals surface area (Å²) in [5.41, 5.74) is 0.975. The summed E-state index contributed by atoms with van der Waals surface area (Å²) in [4.78, 5) is 23.0. The molecule has 0 saturated carbocycles. The van der Waals surface area contributed by atoms with Crippen molar-refractivity contribution < 1.29 is 14.5 Å². The van der Waals surface area contributed by atoms with E-state index in [0.29, 0.717) is 24.5 Å². The second-order valence-electron chi connectivity index (χ2n) is 4.84. The second kappa shape index (κ2) is 8.42. The maximum absolute atomic E-state index is 12.3. The van der Waals surface area contributed by atoms with Gasteiger partial charge in [-0.05, 0) is 40.2 Å². The molecule has 0 aliphatic rings. The molecule has 24 heavy (non-hydrogen) atoms. The molecule has 1 amide bonds. The van der Waals surface area contributed by atoms with Gasteiger partial charge < -0.3 is 15.4 Å². The third-order valence-electron chi connectivity index (χ3n) is 3.20. The fourth-order valence-electron chi connectivity index (χ4n) is 2.02. The molecule has 8 heteroatoms. The van der Waals surface area contributed by atoms with Gasteiger partial charge in [0.25, 0.3) is 11.6 Å². The van der Waals surface area contributed by atoms with Crippen LogP contribution in [0.4, 0.5) is 17.1 Å². The molecule has 0 aliphatic carbocycles. The van der Waals surface area contributed by atoms with E-state index in [1.807, 2.05) is 6.07 Å². The van der Waals surface area contributed by atoms with Crippen molar-refractivity contribution >= 4 is 38.9 Å². The topological polar surface area (TPSA) is 93.5 Å². The molecule has 2 aromatic rings. The van der Waals surface area contributed by atoms with Crippen molar-refractivity contribution in [3.8, 4) is 0 Å². The number of hydrogen-bond donors (Lipinski definition) is 2. The molecule has 0 bridgehead atoms. The fraction of sp³-hybridized carbons (Fsp3) is 0.188. The van der Waals surface area contributed by atoms with Gasteiger partial charge in [-0.15, -0.1) is 0 Å². The van der Waals surface area contributed by atoms with E-state index in [9.17, 15) is 14.9 Å². The Morgan fingerprint density at radius 1 is 1.25 bits per heavy atom. The largest absolute Gasteiger partial charge is 0.383 e. The number of amides is 1. The Morgan fingerprint density at radius 3 is 2.67 bits per heavy atom. The van der Waals surface area contributed by atoms with E-state index in [-0.39, 0.29) is 11.3 Å². The Bertz CT molecular complexity index is 752. The second-order valence-corrected chi connectivity index (χ2v) is 5.70. The van der Waals surface area contributed by atoms with E-state index in [1.54, 1.807) is 25.3 Å². The van der Waals surface area contributed by atoms with Crippen LogP contribution in [-0.2, 0) is 4.74 Å². The number of para-hydroxylation sites is 1. The number of carbonyl (C=O) groups excluding carboxylic acids is 1. The number of halogens is 1. The summed E-state index contributed by atoms with van der Waals surface area (Å²) in [6.45, 7) is 0.848. The van der Waals surface area contributed by atoms with Crippen LogP contribution in [0.25, 0.3) is 0 Å². The minimum Gasteiger partial charge on any atom is -0.383 e. The van der Waals surface area contributed by atoms with Crippen LogP contribution in [-0.4, -0.2) is 31.1 Å². The zero-order valence-electron chi connectivity index (χ0n) is 12.9. The van der Waals surface area contributed by atoms with Crippen molar-refractivity contribution in [2.24, 2.45) is 0 Å². The van der Waals surface area contributed by atoms with Crippen LogP contribution in [0.2, 0.25) is 0 Å². The first-order chi connectivity index (χ1) is 11.5. The third-order valence-corrected chi connectivity index (χ3v) is 3.89. The first-order valence-corrected chi connectivity index (χ1v) is 7.89. The number of nitrogens with one attached hydrogen (secondary N) is 2. The van der Waals surface area contributed by atoms with Crippen molar-refractivity contribution in [3.63, 3.8) is 0 Å². The molecule has 0 radical (unpaired) electrons. The summed E-state index contributed by atoms with van der Waals surface area (Å²) in [7, 11) is 1.55. The van der Waals surface area contributed by atoms with Gasteiger partial charge in [0.05, 0.1) is 17.2 Å². The predicted octanol–water partition coefficient (Wildman–Crippen LogP) is 3.67. The molecule has 0 fully saturated rings. The van der Waals surface area contributed by atoms with Crippen molar-refractivity contribution in [1.29, 1.82) is 0 Å². The van der Waals surface area contributed by atoms with E-state index in [4.69, 9.17) is 4.74 Å². The highest BCUT2D eigenvalue weighted by atomic mass is 79.9. The highest BCUT2D eigenvalue weighted by Gasteiger charge is 2.18. The highest BCUT2D eigenvalue weighted by Crippen LogP contribution is 2.27. The van der Waals surface area contributed by atoms with Crippen molar-refractivity contribution in [2.45, 2.75) is 0 Å². The number of carbonyl (C=O) groups is 1. The van der Waals surface area contributed by atoms with E-state index >= 15 is 0 Å². The van der Waals surface area contributed by atoms with Crippen molar-refractivity contribution in [1.82, 2.24) is 0 Å². The molecule has 0 aliphatic heterocycles. The Kier molecular flexibility index (Phi) is 6.28. The average Bonchev–Trinajstić information content (AvgIpc) is 2.57. The summed E-state index contributed by atoms with van der Waals surface area (Å²) in [6, 6.07) is 11.4. The normalized spacial score (nSPS) is 10.2. The van der Waals surface area contributed by atoms with Crippen molar-refractivity contribution in [2.75, 3.05) is 30.9 Å². The standard InChI is InChI=1S/C16H16BrN3O4/c1-24-9-8-18-14-7-6-11(10-15(14)20(22)23)16(21)19-13-5-3-2-4-12(13)17/h2-7,10,18H,8-9H2,1H3,(H,19,21). The van der Waals surface area contributed by atoms with Crippen LogP contribution >= 0.6 is 15.9 Å². The van der Waals surface area contributed by atoms with Gasteiger partial charge >= 0.3 is 0 Å². The molecule has 0 spiro atoms. The Labute approximate surface area is 147 Å². The van der Waals surface area contributed by atoms with Gasteiger partial charge in [-0.25, -0.2) is 0 Å². The molecule has 0 aromatic heterocycles. The van der Waals surface area contributed by atoms with Crippen LogP contribution in [0.1, 0.15) is 10.4 Å². The number of nitro groups is 1. The van der Waals surface area contributed by atoms with Gasteiger partial charge in [-0.2, -0.15) is 0 Å². The number of benzene rings is 2. The molecular weight excluding hydrogens is 378 g/mol. The fourth-order valence-corrected chi connectivity index (χ4v) is 2.40. The number of anilines is 2. The lowest BCUT2D eigenvalue weighted by molar-refractivity contribution is -0.384. The van der Waals surface area contributed by atoms with Crippen molar-refractivity contribution in [3.05, 3.63) is 62.6 Å². The Balaban J connectivity index is 2.21. The zero-order chi connectivity index (χ0) is 17.5. The summed E-state index contributed by atoms with van der Waals surface area (Å²) in [5, 5.41) is 16.9. The Morgan fingerprint density at radius 2 is 2.00 bits per heavy atom. The lowest BCUT2D eigenvalue weighted by atomic mass is 10.1. The highest BCUT2D eigenvalue weighted by molar-refractivity contribution is 9.10. The smallest absolute Gasteiger partial charge is 0.293 e. The van der Waals surface area contributed by atoms with Gasteiger partial charge in [-0.3, -0.25) is 14.9 Å². The Hall–Kier alpha value is -2.45. The quantitative estimate of drug-likeness (QED) is 0.425. The van der Waals surface area contributed by atoms with Gasteiger partial charge in [0.2, 0.25) is 0 Å². The number of rotatable bonds is 7. The van der Waals surface area contributed by atoms with Crippen LogP contribution in [0, 0.1) is 10.1 Å². The number of hydrogen-bond acceptors (Lipinski definition) is 5. The minimum atomic E-state index is -0.523. The molecule has 0 unspecified atom stereocenters. The number of methoxy groups -OCH3 is 1. The maximum Gasteiger partial charge on any atom is 0.293 e. The summed E-state index contributed by atoms with van der Waals surface area (Å²) in [6.07, 6.45) is 0. The van der Waals surface area contributed by atoms with Crippen LogP contribution in [0.15, 0.2) is 46.9 Å². The first kappa shape index (κ1) is 17.9. The van der Waals surface area contributed by atoms with Gasteiger partial charge in [0, 0.05) is 29.8 Å². The molecule has 0 saturated heterocycles. The lowest BCUT2D eigenvalue weighted by Crippen LogP contribution is -2.14. The van der Waals surface area contributed by atoms with Gasteiger partial charge in [-0.1, -0.05) is 12.1 Å². The SMILES string of the molecule is COCCNc1ccc(C(=O)Nc2ccccc2Br)cc1[N+](=O)[O-]. The zero-order valence-corrected chi connectivity index (χ0v) is 14.5. The third kappa shape index (κ3) is 4.53. The molecule has 126 valence electrons. The number of ether oxygens (including phenoxy) is 1. The lowest BCUT2D eigenvalue weighted by Gasteiger charge is -2.10. The molecule has 0 heterocycles. The first-order valence-electron chi connectivity index (χ1n) is 7.10. The van der Waals surface area contributed by atoms with E-state index < -0.39 is 10.8 Å². The number of nitrogens with zero attached hydrogens (tertiary/aromatic N) is 1. The van der Waals surface area contributed by atoms with E-state index in [2.05, 4.69) is 26.6 Å². The van der Waals surface area contributed by atoms with Crippen LogP contribution < -0.4 is 10.6 Å². The summed E-state index contributed by atoms with van der Waals surface area (Å²) >= 11 is 3.34. The predicted molar refractivity (Wildman–Crippen MR) is 95.6 cm³/mol.